The van der Waals surface area contributed by atoms with Gasteiger partial charge in [0.25, 0.3) is 0 Å². The van der Waals surface area contributed by atoms with Crippen LogP contribution < -0.4 is 5.32 Å². The topological polar surface area (TPSA) is 51.5 Å². The Morgan fingerprint density at radius 2 is 2.35 bits per heavy atom. The van der Waals surface area contributed by atoms with Crippen LogP contribution in [0.25, 0.3) is 5.52 Å². The van der Waals surface area contributed by atoms with Gasteiger partial charge in [0, 0.05) is 32.2 Å². The summed E-state index contributed by atoms with van der Waals surface area (Å²) in [7, 11) is 0. The Morgan fingerprint density at radius 1 is 1.47 bits per heavy atom. The summed E-state index contributed by atoms with van der Waals surface area (Å²) in [5.41, 5.74) is 2.01. The number of ether oxygens (including phenoxy) is 1. The standard InChI is InChI=1S/C12H18N4O/c1-3-17-8-4-5-13-12-11-9-10(2)15-16(11)7-6-14-12/h6-7,9H,3-5,8H2,1-2H3,(H,13,14). The molecular formula is C12H18N4O. The van der Waals surface area contributed by atoms with Gasteiger partial charge in [0.15, 0.2) is 5.82 Å². The van der Waals surface area contributed by atoms with Gasteiger partial charge in [-0.25, -0.2) is 9.50 Å². The third-order valence-corrected chi connectivity index (χ3v) is 2.47. The molecule has 0 aliphatic heterocycles. The molecule has 0 atom stereocenters. The highest BCUT2D eigenvalue weighted by atomic mass is 16.5. The molecule has 2 aromatic rings. The Hall–Kier alpha value is -1.62. The fourth-order valence-electron chi connectivity index (χ4n) is 1.71. The summed E-state index contributed by atoms with van der Waals surface area (Å²) < 4.78 is 7.13. The van der Waals surface area contributed by atoms with Crippen LogP contribution in [0.3, 0.4) is 0 Å². The van der Waals surface area contributed by atoms with E-state index in [9.17, 15) is 0 Å². The minimum atomic E-state index is 0.773. The molecule has 0 fully saturated rings. The van der Waals surface area contributed by atoms with Gasteiger partial charge in [0.1, 0.15) is 5.52 Å². The highest BCUT2D eigenvalue weighted by Crippen LogP contribution is 2.14. The summed E-state index contributed by atoms with van der Waals surface area (Å²) >= 11 is 0. The van der Waals surface area contributed by atoms with Crippen molar-refractivity contribution in [3.8, 4) is 0 Å². The van der Waals surface area contributed by atoms with E-state index < -0.39 is 0 Å². The van der Waals surface area contributed by atoms with Crippen molar-refractivity contribution in [2.45, 2.75) is 20.3 Å². The third kappa shape index (κ3) is 2.94. The molecule has 0 bridgehead atoms. The van der Waals surface area contributed by atoms with Gasteiger partial charge in [-0.3, -0.25) is 0 Å². The lowest BCUT2D eigenvalue weighted by molar-refractivity contribution is 0.147. The summed E-state index contributed by atoms with van der Waals surface area (Å²) in [4.78, 5) is 4.33. The second-order valence-electron chi connectivity index (χ2n) is 3.87. The number of nitrogens with zero attached hydrogens (tertiary/aromatic N) is 3. The van der Waals surface area contributed by atoms with Crippen molar-refractivity contribution in [2.75, 3.05) is 25.1 Å². The number of hydrogen-bond acceptors (Lipinski definition) is 4. The zero-order valence-electron chi connectivity index (χ0n) is 10.3. The minimum Gasteiger partial charge on any atom is -0.382 e. The zero-order valence-corrected chi connectivity index (χ0v) is 10.3. The molecular weight excluding hydrogens is 216 g/mol. The number of hydrogen-bond donors (Lipinski definition) is 1. The lowest BCUT2D eigenvalue weighted by Gasteiger charge is -2.06. The fraction of sp³-hybridized carbons (Fsp3) is 0.500. The average molecular weight is 234 g/mol. The van der Waals surface area contributed by atoms with E-state index in [4.69, 9.17) is 4.74 Å². The third-order valence-electron chi connectivity index (χ3n) is 2.47. The van der Waals surface area contributed by atoms with Crippen LogP contribution in [0.5, 0.6) is 0 Å². The van der Waals surface area contributed by atoms with E-state index in [0.29, 0.717) is 0 Å². The first-order chi connectivity index (χ1) is 8.31. The van der Waals surface area contributed by atoms with Crippen molar-refractivity contribution in [1.29, 1.82) is 0 Å². The molecule has 17 heavy (non-hydrogen) atoms. The quantitative estimate of drug-likeness (QED) is 0.775. The lowest BCUT2D eigenvalue weighted by Crippen LogP contribution is -2.08. The van der Waals surface area contributed by atoms with Crippen LogP contribution in [0, 0.1) is 6.92 Å². The van der Waals surface area contributed by atoms with Gasteiger partial charge in [0.05, 0.1) is 5.69 Å². The maximum absolute atomic E-state index is 5.29. The first-order valence-corrected chi connectivity index (χ1v) is 5.94. The van der Waals surface area contributed by atoms with E-state index in [1.54, 1.807) is 6.20 Å². The molecule has 0 amide bonds. The number of anilines is 1. The Morgan fingerprint density at radius 3 is 3.18 bits per heavy atom. The van der Waals surface area contributed by atoms with Crippen LogP contribution in [0.15, 0.2) is 18.5 Å². The molecule has 0 aliphatic rings. The summed E-state index contributed by atoms with van der Waals surface area (Å²) in [6, 6.07) is 2.03. The second kappa shape index (κ2) is 5.63. The average Bonchev–Trinajstić information content (AvgIpc) is 2.70. The van der Waals surface area contributed by atoms with Gasteiger partial charge >= 0.3 is 0 Å². The number of nitrogens with one attached hydrogen (secondary N) is 1. The van der Waals surface area contributed by atoms with Gasteiger partial charge < -0.3 is 10.1 Å². The van der Waals surface area contributed by atoms with Gasteiger partial charge in [-0.15, -0.1) is 0 Å². The SMILES string of the molecule is CCOCCCNc1nccn2nc(C)cc12. The highest BCUT2D eigenvalue weighted by Gasteiger charge is 2.03. The molecule has 5 heteroatoms. The smallest absolute Gasteiger partial charge is 0.152 e. The maximum Gasteiger partial charge on any atom is 0.152 e. The summed E-state index contributed by atoms with van der Waals surface area (Å²) in [5, 5.41) is 7.65. The van der Waals surface area contributed by atoms with Crippen molar-refractivity contribution < 1.29 is 4.74 Å². The number of aromatic nitrogens is 3. The Balaban J connectivity index is 1.98. The van der Waals surface area contributed by atoms with Crippen molar-refractivity contribution in [2.24, 2.45) is 0 Å². The molecule has 0 unspecified atom stereocenters. The van der Waals surface area contributed by atoms with Crippen LogP contribution in [0.2, 0.25) is 0 Å². The van der Waals surface area contributed by atoms with Gasteiger partial charge in [0.2, 0.25) is 0 Å². The van der Waals surface area contributed by atoms with Crippen molar-refractivity contribution in [1.82, 2.24) is 14.6 Å². The zero-order chi connectivity index (χ0) is 12.1. The Labute approximate surface area is 101 Å². The van der Waals surface area contributed by atoms with Crippen LogP contribution >= 0.6 is 0 Å². The van der Waals surface area contributed by atoms with E-state index >= 15 is 0 Å². The molecule has 0 aliphatic carbocycles. The van der Waals surface area contributed by atoms with Gasteiger partial charge in [-0.2, -0.15) is 5.10 Å². The van der Waals surface area contributed by atoms with Gasteiger partial charge in [-0.1, -0.05) is 0 Å². The molecule has 0 spiro atoms. The maximum atomic E-state index is 5.29. The second-order valence-corrected chi connectivity index (χ2v) is 3.87. The Bertz CT molecular complexity index is 480. The lowest BCUT2D eigenvalue weighted by atomic mass is 10.4. The van der Waals surface area contributed by atoms with E-state index in [2.05, 4.69) is 15.4 Å². The predicted octanol–water partition coefficient (Wildman–Crippen LogP) is 1.88. The largest absolute Gasteiger partial charge is 0.382 e. The van der Waals surface area contributed by atoms with E-state index in [-0.39, 0.29) is 0 Å². The Kier molecular flexibility index (Phi) is 3.93. The molecule has 2 rings (SSSR count). The first-order valence-electron chi connectivity index (χ1n) is 5.94. The molecule has 2 heterocycles. The summed E-state index contributed by atoms with van der Waals surface area (Å²) in [6.07, 6.45) is 4.59. The highest BCUT2D eigenvalue weighted by molar-refractivity contribution is 5.67. The molecule has 5 nitrogen and oxygen atoms in total. The molecule has 92 valence electrons. The molecule has 2 aromatic heterocycles. The summed E-state index contributed by atoms with van der Waals surface area (Å²) in [5.74, 6) is 0.879. The number of fused-ring (bicyclic) bond motifs is 1. The fourth-order valence-corrected chi connectivity index (χ4v) is 1.71. The molecule has 1 N–H and O–H groups in total. The predicted molar refractivity (Wildman–Crippen MR) is 67.3 cm³/mol. The van der Waals surface area contributed by atoms with Crippen molar-refractivity contribution >= 4 is 11.3 Å². The van der Waals surface area contributed by atoms with Crippen LogP contribution in [0.4, 0.5) is 5.82 Å². The van der Waals surface area contributed by atoms with E-state index in [1.165, 1.54) is 0 Å². The minimum absolute atomic E-state index is 0.773. The number of rotatable bonds is 6. The monoisotopic (exact) mass is 234 g/mol. The van der Waals surface area contributed by atoms with Crippen LogP contribution in [-0.4, -0.2) is 34.4 Å². The van der Waals surface area contributed by atoms with E-state index in [1.807, 2.05) is 30.6 Å². The number of aryl methyl sites for hydroxylation is 1. The first kappa shape index (κ1) is 11.9. The molecule has 0 saturated carbocycles. The molecule has 0 saturated heterocycles. The summed E-state index contributed by atoms with van der Waals surface area (Å²) in [6.45, 7) is 6.40. The van der Waals surface area contributed by atoms with E-state index in [0.717, 1.165) is 43.2 Å². The van der Waals surface area contributed by atoms with Crippen molar-refractivity contribution in [3.63, 3.8) is 0 Å². The molecule has 0 radical (unpaired) electrons. The normalized spacial score (nSPS) is 10.9. The van der Waals surface area contributed by atoms with Gasteiger partial charge in [-0.05, 0) is 26.3 Å². The molecule has 0 aromatic carbocycles. The van der Waals surface area contributed by atoms with Crippen molar-refractivity contribution in [3.05, 3.63) is 24.2 Å². The van der Waals surface area contributed by atoms with Crippen LogP contribution in [-0.2, 0) is 4.74 Å². The van der Waals surface area contributed by atoms with Crippen LogP contribution in [0.1, 0.15) is 19.0 Å².